The van der Waals surface area contributed by atoms with E-state index in [0.29, 0.717) is 0 Å². The van der Waals surface area contributed by atoms with Gasteiger partial charge in [-0.1, -0.05) is 13.3 Å². The predicted molar refractivity (Wildman–Crippen MR) is 78.7 cm³/mol. The number of likely N-dealkylation sites (tertiary alicyclic amines) is 1. The molecule has 1 unspecified atom stereocenters. The van der Waals surface area contributed by atoms with Crippen molar-refractivity contribution in [3.63, 3.8) is 0 Å². The van der Waals surface area contributed by atoms with Crippen molar-refractivity contribution in [2.24, 2.45) is 0 Å². The Morgan fingerprint density at radius 3 is 2.50 bits per heavy atom. The molecule has 0 radical (unpaired) electrons. The van der Waals surface area contributed by atoms with Crippen molar-refractivity contribution >= 4 is 17.7 Å². The lowest BCUT2D eigenvalue weighted by atomic mass is 10.1. The predicted octanol–water partition coefficient (Wildman–Crippen LogP) is -1.64. The summed E-state index contributed by atoms with van der Waals surface area (Å²) in [5.41, 5.74) is 0. The topological polar surface area (TPSA) is 119 Å². The molecular weight excluding hydrogens is 290 g/mol. The van der Waals surface area contributed by atoms with Gasteiger partial charge in [-0.05, 0) is 13.3 Å². The summed E-state index contributed by atoms with van der Waals surface area (Å²) in [6.07, 6.45) is -0.854. The second-order valence-electron chi connectivity index (χ2n) is 5.66. The van der Waals surface area contributed by atoms with Crippen LogP contribution in [0.3, 0.4) is 0 Å². The number of aliphatic hydroxyl groups excluding tert-OH is 2. The zero-order valence-corrected chi connectivity index (χ0v) is 13.2. The Morgan fingerprint density at radius 1 is 1.32 bits per heavy atom. The van der Waals surface area contributed by atoms with Crippen LogP contribution in [0.2, 0.25) is 0 Å². The highest BCUT2D eigenvalue weighted by molar-refractivity contribution is 5.91. The van der Waals surface area contributed by atoms with Crippen LogP contribution >= 0.6 is 0 Å². The summed E-state index contributed by atoms with van der Waals surface area (Å²) in [6, 6.07) is -1.23. The lowest BCUT2D eigenvalue weighted by molar-refractivity contribution is -0.140. The summed E-state index contributed by atoms with van der Waals surface area (Å²) in [4.78, 5) is 36.3. The molecule has 0 aromatic rings. The van der Waals surface area contributed by atoms with Gasteiger partial charge in [0.25, 0.3) is 0 Å². The minimum absolute atomic E-state index is 0.0882. The van der Waals surface area contributed by atoms with E-state index in [1.165, 1.54) is 6.92 Å². The van der Waals surface area contributed by atoms with Crippen LogP contribution in [0.4, 0.5) is 0 Å². The number of hydrogen-bond acceptors (Lipinski definition) is 5. The molecule has 1 rings (SSSR count). The van der Waals surface area contributed by atoms with Gasteiger partial charge in [0.2, 0.25) is 17.7 Å². The highest BCUT2D eigenvalue weighted by atomic mass is 16.3. The molecule has 0 bridgehead atoms. The first-order chi connectivity index (χ1) is 10.3. The third-order valence-electron chi connectivity index (χ3n) is 3.63. The van der Waals surface area contributed by atoms with Gasteiger partial charge in [0, 0.05) is 13.0 Å². The molecule has 0 aromatic heterocycles. The van der Waals surface area contributed by atoms with E-state index >= 15 is 0 Å². The molecule has 1 aliphatic heterocycles. The highest BCUT2D eigenvalue weighted by Crippen LogP contribution is 2.19. The number of nitrogens with one attached hydrogen (secondary N) is 2. The quantitative estimate of drug-likeness (QED) is 0.469. The lowest BCUT2D eigenvalue weighted by Crippen LogP contribution is -2.53. The lowest BCUT2D eigenvalue weighted by Gasteiger charge is -2.26. The summed E-state index contributed by atoms with van der Waals surface area (Å²) < 4.78 is 0. The second-order valence-corrected chi connectivity index (χ2v) is 5.66. The maximum absolute atomic E-state index is 12.3. The molecule has 0 aromatic carbocycles. The minimum Gasteiger partial charge on any atom is -0.388 e. The van der Waals surface area contributed by atoms with Crippen LogP contribution in [0.5, 0.6) is 0 Å². The molecule has 0 aliphatic carbocycles. The van der Waals surface area contributed by atoms with Crippen LogP contribution in [-0.2, 0) is 14.4 Å². The maximum Gasteiger partial charge on any atom is 0.245 e. The molecule has 1 fully saturated rings. The maximum atomic E-state index is 12.3. The summed E-state index contributed by atoms with van der Waals surface area (Å²) >= 11 is 0. The molecule has 8 nitrogen and oxygen atoms in total. The van der Waals surface area contributed by atoms with Gasteiger partial charge in [-0.3, -0.25) is 14.4 Å². The molecule has 3 amide bonds. The monoisotopic (exact) mass is 315 g/mol. The molecule has 1 aliphatic rings. The van der Waals surface area contributed by atoms with E-state index < -0.39 is 30.1 Å². The number of β-amino-alcohol motifs (C(OH)–C–C–N with tert-alkyl or cyclic N) is 1. The van der Waals surface area contributed by atoms with Crippen LogP contribution in [0.1, 0.15) is 33.6 Å². The van der Waals surface area contributed by atoms with Crippen LogP contribution in [0.25, 0.3) is 0 Å². The van der Waals surface area contributed by atoms with Gasteiger partial charge >= 0.3 is 0 Å². The summed E-state index contributed by atoms with van der Waals surface area (Å²) in [5, 5.41) is 24.8. The van der Waals surface area contributed by atoms with Gasteiger partial charge in [-0.15, -0.1) is 0 Å². The smallest absolute Gasteiger partial charge is 0.245 e. The summed E-state index contributed by atoms with van der Waals surface area (Å²) in [7, 11) is 0. The normalized spacial score (nSPS) is 25.7. The molecule has 1 saturated heterocycles. The molecule has 4 N–H and O–H groups in total. The van der Waals surface area contributed by atoms with E-state index in [9.17, 15) is 24.6 Å². The standard InChI is InChI=1S/C14H25N3O5/c1-4-5-8(2)16-14(22)12-13(21)10(19)7-17(12)11(20)6-15-9(3)18/h8,10,12-13,19,21H,4-7H2,1-3H3,(H,15,18)(H,16,22)/t8?,10-,12-,13-/m0/s1. The van der Waals surface area contributed by atoms with Gasteiger partial charge in [0.1, 0.15) is 12.1 Å². The van der Waals surface area contributed by atoms with Gasteiger partial charge < -0.3 is 25.7 Å². The Balaban J connectivity index is 2.76. The van der Waals surface area contributed by atoms with Crippen molar-refractivity contribution in [3.05, 3.63) is 0 Å². The zero-order valence-electron chi connectivity index (χ0n) is 13.2. The number of amides is 3. The fourth-order valence-electron chi connectivity index (χ4n) is 2.51. The Labute approximate surface area is 129 Å². The molecule has 4 atom stereocenters. The number of nitrogens with zero attached hydrogens (tertiary/aromatic N) is 1. The number of aliphatic hydroxyl groups is 2. The van der Waals surface area contributed by atoms with Crippen molar-refractivity contribution in [2.45, 2.75) is 57.9 Å². The van der Waals surface area contributed by atoms with Crippen molar-refractivity contribution < 1.29 is 24.6 Å². The first-order valence-corrected chi connectivity index (χ1v) is 7.48. The van der Waals surface area contributed by atoms with Crippen LogP contribution in [0, 0.1) is 0 Å². The van der Waals surface area contributed by atoms with Gasteiger partial charge in [-0.25, -0.2) is 0 Å². The van der Waals surface area contributed by atoms with Crippen LogP contribution < -0.4 is 10.6 Å². The summed E-state index contributed by atoms with van der Waals surface area (Å²) in [5.74, 6) is -1.39. The Bertz CT molecular complexity index is 429. The first-order valence-electron chi connectivity index (χ1n) is 7.48. The van der Waals surface area contributed by atoms with Gasteiger partial charge in [0.05, 0.1) is 19.2 Å². The van der Waals surface area contributed by atoms with E-state index in [1.54, 1.807) is 0 Å². The zero-order chi connectivity index (χ0) is 16.9. The average Bonchev–Trinajstić information content (AvgIpc) is 2.72. The van der Waals surface area contributed by atoms with E-state index in [1.807, 2.05) is 13.8 Å². The molecule has 8 heteroatoms. The van der Waals surface area contributed by atoms with Crippen LogP contribution in [-0.4, -0.2) is 70.2 Å². The van der Waals surface area contributed by atoms with E-state index in [-0.39, 0.29) is 25.0 Å². The third-order valence-corrected chi connectivity index (χ3v) is 3.63. The molecule has 1 heterocycles. The van der Waals surface area contributed by atoms with Crippen LogP contribution in [0.15, 0.2) is 0 Å². The Morgan fingerprint density at radius 2 is 1.95 bits per heavy atom. The third kappa shape index (κ3) is 4.67. The molecule has 0 spiro atoms. The number of carbonyl (C=O) groups excluding carboxylic acids is 3. The molecule has 22 heavy (non-hydrogen) atoms. The Kier molecular flexibility index (Phi) is 6.76. The van der Waals surface area contributed by atoms with Crippen molar-refractivity contribution in [2.75, 3.05) is 13.1 Å². The number of hydrogen-bond donors (Lipinski definition) is 4. The SMILES string of the molecule is CCCC(C)NC(=O)[C@@H]1[C@@H](O)[C@@H](O)CN1C(=O)CNC(C)=O. The number of rotatable bonds is 6. The molecular formula is C14H25N3O5. The summed E-state index contributed by atoms with van der Waals surface area (Å²) in [6.45, 7) is 4.68. The van der Waals surface area contributed by atoms with Gasteiger partial charge in [0.15, 0.2) is 0 Å². The Hall–Kier alpha value is -1.67. The number of carbonyl (C=O) groups is 3. The first kappa shape index (κ1) is 18.4. The van der Waals surface area contributed by atoms with Gasteiger partial charge in [-0.2, -0.15) is 0 Å². The highest BCUT2D eigenvalue weighted by Gasteiger charge is 2.46. The fraction of sp³-hybridized carbons (Fsp3) is 0.786. The van der Waals surface area contributed by atoms with E-state index in [4.69, 9.17) is 0 Å². The fourth-order valence-corrected chi connectivity index (χ4v) is 2.51. The second kappa shape index (κ2) is 8.09. The van der Waals surface area contributed by atoms with Crippen molar-refractivity contribution in [3.8, 4) is 0 Å². The van der Waals surface area contributed by atoms with Crippen molar-refractivity contribution in [1.82, 2.24) is 15.5 Å². The van der Waals surface area contributed by atoms with Crippen molar-refractivity contribution in [1.29, 1.82) is 0 Å². The van der Waals surface area contributed by atoms with E-state index in [0.717, 1.165) is 17.7 Å². The molecule has 126 valence electrons. The molecule has 0 saturated carbocycles. The van der Waals surface area contributed by atoms with E-state index in [2.05, 4.69) is 10.6 Å². The average molecular weight is 315 g/mol. The minimum atomic E-state index is -1.34. The largest absolute Gasteiger partial charge is 0.388 e.